The number of fused-ring (bicyclic) bond motifs is 5. The fourth-order valence-electron chi connectivity index (χ4n) is 8.50. The number of carbonyl (C=O) groups excluding carboxylic acids is 3. The van der Waals surface area contributed by atoms with Crippen LogP contribution in [0.2, 0.25) is 0 Å². The number of ether oxygens (including phenoxy) is 1. The van der Waals surface area contributed by atoms with Crippen LogP contribution in [0, 0.1) is 5.92 Å². The Labute approximate surface area is 266 Å². The second kappa shape index (κ2) is 9.98. The van der Waals surface area contributed by atoms with Gasteiger partial charge in [-0.25, -0.2) is 0 Å². The lowest BCUT2D eigenvalue weighted by Crippen LogP contribution is -2.71. The molecule has 0 bridgehead atoms. The Morgan fingerprint density at radius 1 is 1.13 bits per heavy atom. The van der Waals surface area contributed by atoms with Crippen LogP contribution in [-0.4, -0.2) is 103 Å². The topological polar surface area (TPSA) is 138 Å². The lowest BCUT2D eigenvalue weighted by atomic mass is 9.78. The van der Waals surface area contributed by atoms with Crippen LogP contribution in [0.3, 0.4) is 0 Å². The van der Waals surface area contributed by atoms with E-state index >= 15 is 0 Å². The summed E-state index contributed by atoms with van der Waals surface area (Å²) in [5, 5.41) is 28.2. The highest BCUT2D eigenvalue weighted by molar-refractivity contribution is 6.02. The molecular formula is C35H39N5O6. The zero-order valence-electron chi connectivity index (χ0n) is 26.2. The lowest BCUT2D eigenvalue weighted by molar-refractivity contribution is -0.321. The third kappa shape index (κ3) is 3.95. The Hall–Kier alpha value is -4.03. The highest BCUT2D eigenvalue weighted by atomic mass is 16.7. The molecule has 240 valence electrons. The number of rotatable bonds is 5. The summed E-state index contributed by atoms with van der Waals surface area (Å²) >= 11 is 0. The summed E-state index contributed by atoms with van der Waals surface area (Å²) in [4.78, 5) is 50.9. The van der Waals surface area contributed by atoms with E-state index in [0.29, 0.717) is 19.4 Å². The number of aliphatic hydroxyl groups is 2. The van der Waals surface area contributed by atoms with Crippen molar-refractivity contribution in [1.82, 2.24) is 25.0 Å². The fraction of sp³-hybridized carbons (Fsp3) is 0.457. The summed E-state index contributed by atoms with van der Waals surface area (Å²) in [6.07, 6.45) is 5.64. The number of aromatic amines is 1. The third-order valence-electron chi connectivity index (χ3n) is 10.8. The first-order valence-corrected chi connectivity index (χ1v) is 16.1. The molecule has 1 aromatic heterocycles. The molecule has 11 nitrogen and oxygen atoms in total. The number of likely N-dealkylation sites (N-methyl/N-ethyl adjacent to an activating group) is 1. The van der Waals surface area contributed by atoms with E-state index in [4.69, 9.17) is 4.74 Å². The smallest absolute Gasteiger partial charge is 0.281 e. The number of hydrogen-bond acceptors (Lipinski definition) is 7. The number of benzene rings is 2. The number of H-pyrrole nitrogens is 1. The van der Waals surface area contributed by atoms with Gasteiger partial charge in [0.1, 0.15) is 12.1 Å². The van der Waals surface area contributed by atoms with Gasteiger partial charge in [0.25, 0.3) is 17.7 Å². The van der Waals surface area contributed by atoms with Crippen molar-refractivity contribution < 1.29 is 29.3 Å². The summed E-state index contributed by atoms with van der Waals surface area (Å²) in [6, 6.07) is 13.4. The van der Waals surface area contributed by atoms with Crippen LogP contribution < -0.4 is 5.32 Å². The number of amides is 3. The van der Waals surface area contributed by atoms with Crippen molar-refractivity contribution in [1.29, 1.82) is 0 Å². The second-order valence-electron chi connectivity index (χ2n) is 13.9. The normalized spacial score (nSPS) is 33.7. The van der Waals surface area contributed by atoms with E-state index in [2.05, 4.69) is 10.3 Å². The van der Waals surface area contributed by atoms with Crippen LogP contribution in [0.1, 0.15) is 43.4 Å². The van der Waals surface area contributed by atoms with E-state index in [0.717, 1.165) is 38.9 Å². The van der Waals surface area contributed by atoms with Crippen LogP contribution in [-0.2, 0) is 32.0 Å². The lowest BCUT2D eigenvalue weighted by Gasteiger charge is -2.48. The maximum Gasteiger partial charge on any atom is 0.281 e. The molecule has 0 saturated carbocycles. The Bertz CT molecular complexity index is 1800. The van der Waals surface area contributed by atoms with Gasteiger partial charge in [-0.1, -0.05) is 56.3 Å². The number of nitrogens with one attached hydrogen (secondary N) is 2. The van der Waals surface area contributed by atoms with Gasteiger partial charge in [-0.05, 0) is 60.7 Å². The molecule has 3 saturated heterocycles. The van der Waals surface area contributed by atoms with E-state index in [1.54, 1.807) is 24.8 Å². The molecule has 3 amide bonds. The highest BCUT2D eigenvalue weighted by Crippen LogP contribution is 2.48. The van der Waals surface area contributed by atoms with Crippen LogP contribution in [0.5, 0.6) is 0 Å². The average molecular weight is 626 g/mol. The minimum atomic E-state index is -2.16. The van der Waals surface area contributed by atoms with Gasteiger partial charge in [0, 0.05) is 48.6 Å². The van der Waals surface area contributed by atoms with Crippen molar-refractivity contribution in [3.05, 3.63) is 77.5 Å². The number of nitrogens with zero attached hydrogens (tertiary/aromatic N) is 3. The second-order valence-corrected chi connectivity index (χ2v) is 13.9. The van der Waals surface area contributed by atoms with Crippen molar-refractivity contribution >= 4 is 34.2 Å². The highest BCUT2D eigenvalue weighted by Gasteiger charge is 2.72. The largest absolute Gasteiger partial charge is 0.375 e. The molecule has 3 fully saturated rings. The van der Waals surface area contributed by atoms with E-state index in [-0.39, 0.29) is 24.9 Å². The van der Waals surface area contributed by atoms with Gasteiger partial charge < -0.3 is 25.4 Å². The van der Waals surface area contributed by atoms with E-state index in [1.807, 2.05) is 66.7 Å². The van der Waals surface area contributed by atoms with Gasteiger partial charge in [-0.3, -0.25) is 28.9 Å². The molecule has 0 radical (unpaired) electrons. The van der Waals surface area contributed by atoms with Crippen molar-refractivity contribution in [3.63, 3.8) is 0 Å². The fourth-order valence-corrected chi connectivity index (χ4v) is 8.50. The van der Waals surface area contributed by atoms with Gasteiger partial charge in [-0.15, -0.1) is 0 Å². The monoisotopic (exact) mass is 625 g/mol. The van der Waals surface area contributed by atoms with Crippen LogP contribution in [0.15, 0.2) is 60.8 Å². The number of hydrogen-bond donors (Lipinski definition) is 4. The number of aromatic nitrogens is 1. The SMILES string of the molecule is CC(C)[C@@]1(NC(=O)[C@]2(O)C=C3c4cccc5[nH]cc(c45)C[C@H]3N(C)C2)O[C@@]2(O)[C@@H]3CCCN3C(=O)[C@H](Cc3ccccc3)N2C1=O. The van der Waals surface area contributed by atoms with Gasteiger partial charge in [-0.2, -0.15) is 0 Å². The van der Waals surface area contributed by atoms with Crippen molar-refractivity contribution in [3.8, 4) is 0 Å². The molecule has 4 aliphatic heterocycles. The molecule has 0 spiro atoms. The minimum Gasteiger partial charge on any atom is -0.375 e. The van der Waals surface area contributed by atoms with Crippen LogP contribution in [0.25, 0.3) is 16.5 Å². The molecule has 0 unspecified atom stereocenters. The Balaban J connectivity index is 1.17. The van der Waals surface area contributed by atoms with Crippen molar-refractivity contribution in [2.24, 2.45) is 5.92 Å². The summed E-state index contributed by atoms with van der Waals surface area (Å²) in [5.74, 6) is -4.57. The zero-order chi connectivity index (χ0) is 32.2. The number of β-amino-alcohol motifs (C(OH)–C–C–N with tert-alkyl or cyclic N) is 1. The molecule has 3 aromatic rings. The summed E-state index contributed by atoms with van der Waals surface area (Å²) in [6.45, 7) is 3.88. The summed E-state index contributed by atoms with van der Waals surface area (Å²) in [5.41, 5.74) is 0.757. The van der Waals surface area contributed by atoms with Gasteiger partial charge in [0.15, 0.2) is 5.60 Å². The first kappa shape index (κ1) is 29.4. The molecule has 5 aliphatic rings. The Morgan fingerprint density at radius 2 is 1.91 bits per heavy atom. The average Bonchev–Trinajstić information content (AvgIpc) is 3.74. The van der Waals surface area contributed by atoms with Crippen LogP contribution in [0.4, 0.5) is 0 Å². The molecule has 4 N–H and O–H groups in total. The molecule has 5 heterocycles. The quantitative estimate of drug-likeness (QED) is 0.339. The summed E-state index contributed by atoms with van der Waals surface area (Å²) in [7, 11) is 1.88. The molecule has 11 heteroatoms. The first-order valence-electron chi connectivity index (χ1n) is 16.1. The Kier molecular flexibility index (Phi) is 6.38. The van der Waals surface area contributed by atoms with Gasteiger partial charge >= 0.3 is 0 Å². The number of carbonyl (C=O) groups is 3. The van der Waals surface area contributed by atoms with Gasteiger partial charge in [0.05, 0.1) is 0 Å². The van der Waals surface area contributed by atoms with Crippen molar-refractivity contribution in [2.75, 3.05) is 20.1 Å². The predicted octanol–water partition coefficient (Wildman–Crippen LogP) is 1.74. The van der Waals surface area contributed by atoms with E-state index < -0.39 is 47.1 Å². The summed E-state index contributed by atoms with van der Waals surface area (Å²) < 4.78 is 6.42. The molecule has 8 rings (SSSR count). The molecule has 46 heavy (non-hydrogen) atoms. The van der Waals surface area contributed by atoms with Crippen molar-refractivity contribution in [2.45, 2.75) is 74.9 Å². The zero-order valence-corrected chi connectivity index (χ0v) is 26.2. The maximum atomic E-state index is 14.6. The minimum absolute atomic E-state index is 0.00932. The van der Waals surface area contributed by atoms with Crippen LogP contribution >= 0.6 is 0 Å². The third-order valence-corrected chi connectivity index (χ3v) is 10.8. The van der Waals surface area contributed by atoms with E-state index in [1.165, 1.54) is 5.56 Å². The predicted molar refractivity (Wildman–Crippen MR) is 169 cm³/mol. The molecule has 2 aromatic carbocycles. The molecule has 6 atom stereocenters. The molecule has 1 aliphatic carbocycles. The number of piperazine rings is 1. The maximum absolute atomic E-state index is 14.6. The standard InChI is InChI=1S/C35H39N5O6/c1-20(2)34(32(43)40-27(15-21-9-5-4-6-10-21)30(41)39-14-8-13-28(39)35(40,45)46-34)37-31(42)33(44)17-24-23-11-7-12-25-29(23)22(18-36-25)16-26(24)38(3)19-33/h4-7,9-12,17-18,20,26-28,36,44-45H,8,13-16,19H2,1-3H3,(H,37,42)/t26-,27+,28+,33+,34-,35+/m1/s1. The molecular weight excluding hydrogens is 586 g/mol. The van der Waals surface area contributed by atoms with Gasteiger partial charge in [0.2, 0.25) is 11.6 Å². The Morgan fingerprint density at radius 3 is 2.67 bits per heavy atom. The first-order chi connectivity index (χ1) is 22.0. The van der Waals surface area contributed by atoms with E-state index in [9.17, 15) is 24.6 Å².